The first-order chi connectivity index (χ1) is 12.0. The summed E-state index contributed by atoms with van der Waals surface area (Å²) in [6, 6.07) is 0. The van der Waals surface area contributed by atoms with Gasteiger partial charge in [-0.05, 0) is 76.5 Å². The van der Waals surface area contributed by atoms with Gasteiger partial charge in [-0.2, -0.15) is 0 Å². The van der Waals surface area contributed by atoms with E-state index in [9.17, 15) is 9.59 Å². The van der Waals surface area contributed by atoms with Gasteiger partial charge >= 0.3 is 5.97 Å². The Bertz CT molecular complexity index is 423. The van der Waals surface area contributed by atoms with Crippen molar-refractivity contribution in [2.45, 2.75) is 70.1 Å². The highest BCUT2D eigenvalue weighted by Gasteiger charge is 2.34. The molecule has 0 amide bonds. The second-order valence-electron chi connectivity index (χ2n) is 7.84. The molecule has 0 spiro atoms. The van der Waals surface area contributed by atoms with Gasteiger partial charge in [0.25, 0.3) is 0 Å². The second-order valence-corrected chi connectivity index (χ2v) is 8.46. The van der Waals surface area contributed by atoms with E-state index in [-0.39, 0.29) is 23.9 Å². The van der Waals surface area contributed by atoms with Gasteiger partial charge in [0.2, 0.25) is 0 Å². The van der Waals surface area contributed by atoms with Crippen LogP contribution in [-0.4, -0.2) is 37.5 Å². The summed E-state index contributed by atoms with van der Waals surface area (Å²) in [5, 5.41) is -0.170. The normalized spacial score (nSPS) is 31.3. The number of ketones is 1. The summed E-state index contributed by atoms with van der Waals surface area (Å²) < 4.78 is 10.4. The quantitative estimate of drug-likeness (QED) is 0.468. The van der Waals surface area contributed by atoms with Gasteiger partial charge in [0.1, 0.15) is 12.4 Å². The minimum absolute atomic E-state index is 0.0381. The van der Waals surface area contributed by atoms with Crippen molar-refractivity contribution < 1.29 is 19.1 Å². The number of hydrogen-bond acceptors (Lipinski definition) is 4. The lowest BCUT2D eigenvalue weighted by Crippen LogP contribution is -2.30. The number of Topliss-reactive ketones (excluding diaryl/α,β-unsaturated/α-hetero) is 1. The van der Waals surface area contributed by atoms with Crippen LogP contribution in [0.5, 0.6) is 0 Å². The standard InChI is InChI=1S/C20H33ClO4/c1-14(22)15-3-5-16(6-4-15)17-7-9-18(10-8-17)20(23)25-13-19(21)11-12-24-2/h15-19H,3-13H2,1-2H3. The largest absolute Gasteiger partial charge is 0.464 e. The fraction of sp³-hybridized carbons (Fsp3) is 0.900. The van der Waals surface area contributed by atoms with Crippen molar-refractivity contribution in [2.24, 2.45) is 23.7 Å². The Balaban J connectivity index is 1.65. The van der Waals surface area contributed by atoms with Crippen LogP contribution >= 0.6 is 11.6 Å². The van der Waals surface area contributed by atoms with E-state index < -0.39 is 0 Å². The Hall–Kier alpha value is -0.610. The molecule has 0 aromatic heterocycles. The molecule has 0 aromatic carbocycles. The molecule has 0 heterocycles. The van der Waals surface area contributed by atoms with Crippen molar-refractivity contribution in [2.75, 3.05) is 20.3 Å². The number of halogens is 1. The average molecular weight is 373 g/mol. The van der Waals surface area contributed by atoms with Crippen LogP contribution in [0.4, 0.5) is 0 Å². The SMILES string of the molecule is COCCC(Cl)COC(=O)C1CCC(C2CCC(C(C)=O)CC2)CC1. The molecule has 1 atom stereocenters. The molecule has 0 radical (unpaired) electrons. The summed E-state index contributed by atoms with van der Waals surface area (Å²) in [6.45, 7) is 2.59. The predicted molar refractivity (Wildman–Crippen MR) is 98.7 cm³/mol. The molecule has 4 nitrogen and oxygen atoms in total. The maximum Gasteiger partial charge on any atom is 0.308 e. The fourth-order valence-corrected chi connectivity index (χ4v) is 4.59. The summed E-state index contributed by atoms with van der Waals surface area (Å²) in [5.41, 5.74) is 0. The molecule has 2 fully saturated rings. The maximum atomic E-state index is 12.2. The molecule has 2 rings (SSSR count). The van der Waals surface area contributed by atoms with Crippen LogP contribution in [0, 0.1) is 23.7 Å². The highest BCUT2D eigenvalue weighted by Crippen LogP contribution is 2.41. The van der Waals surface area contributed by atoms with Crippen LogP contribution in [0.2, 0.25) is 0 Å². The van der Waals surface area contributed by atoms with E-state index >= 15 is 0 Å². The Labute approximate surface area is 157 Å². The average Bonchev–Trinajstić information content (AvgIpc) is 2.64. The molecule has 5 heteroatoms. The third kappa shape index (κ3) is 6.56. The minimum Gasteiger partial charge on any atom is -0.464 e. The summed E-state index contributed by atoms with van der Waals surface area (Å²) in [4.78, 5) is 23.7. The maximum absolute atomic E-state index is 12.2. The van der Waals surface area contributed by atoms with Gasteiger partial charge in [-0.1, -0.05) is 0 Å². The van der Waals surface area contributed by atoms with Crippen LogP contribution in [0.25, 0.3) is 0 Å². The number of carbonyl (C=O) groups excluding carboxylic acids is 2. The van der Waals surface area contributed by atoms with Gasteiger partial charge in [-0.3, -0.25) is 9.59 Å². The monoisotopic (exact) mass is 372 g/mol. The van der Waals surface area contributed by atoms with E-state index in [1.165, 1.54) is 12.8 Å². The van der Waals surface area contributed by atoms with Gasteiger partial charge in [0, 0.05) is 19.6 Å². The first-order valence-electron chi connectivity index (χ1n) is 9.81. The fourth-order valence-electron chi connectivity index (χ4n) is 4.44. The molecule has 0 bridgehead atoms. The molecule has 0 saturated heterocycles. The number of rotatable bonds is 8. The van der Waals surface area contributed by atoms with E-state index in [4.69, 9.17) is 21.1 Å². The summed E-state index contributed by atoms with van der Waals surface area (Å²) >= 11 is 6.12. The zero-order valence-corrected chi connectivity index (χ0v) is 16.4. The Morgan fingerprint density at radius 2 is 1.48 bits per heavy atom. The molecule has 1 unspecified atom stereocenters. The minimum atomic E-state index is -0.170. The first-order valence-corrected chi connectivity index (χ1v) is 10.2. The van der Waals surface area contributed by atoms with Gasteiger partial charge in [-0.15, -0.1) is 11.6 Å². The molecule has 0 N–H and O–H groups in total. The molecule has 144 valence electrons. The third-order valence-corrected chi connectivity index (χ3v) is 6.50. The first kappa shape index (κ1) is 20.7. The number of hydrogen-bond donors (Lipinski definition) is 0. The lowest BCUT2D eigenvalue weighted by Gasteiger charge is -2.36. The summed E-state index contributed by atoms with van der Waals surface area (Å²) in [5.74, 6) is 2.07. The number of methoxy groups -OCH3 is 1. The van der Waals surface area contributed by atoms with Crippen LogP contribution in [0.1, 0.15) is 64.7 Å². The Morgan fingerprint density at radius 3 is 1.96 bits per heavy atom. The Morgan fingerprint density at radius 1 is 0.960 bits per heavy atom. The molecule has 2 aliphatic carbocycles. The molecule has 2 aliphatic rings. The van der Waals surface area contributed by atoms with Gasteiger partial charge < -0.3 is 9.47 Å². The lowest BCUT2D eigenvalue weighted by molar-refractivity contribution is -0.150. The smallest absolute Gasteiger partial charge is 0.308 e. The number of esters is 1. The molecular weight excluding hydrogens is 340 g/mol. The molecule has 0 aromatic rings. The number of carbonyl (C=O) groups is 2. The van der Waals surface area contributed by atoms with E-state index in [1.54, 1.807) is 14.0 Å². The van der Waals surface area contributed by atoms with E-state index in [2.05, 4.69) is 0 Å². The predicted octanol–water partition coefficient (Wildman–Crippen LogP) is 4.38. The molecule has 2 saturated carbocycles. The van der Waals surface area contributed by atoms with Crippen molar-refractivity contribution in [3.8, 4) is 0 Å². The van der Waals surface area contributed by atoms with Gasteiger partial charge in [0.05, 0.1) is 11.3 Å². The van der Waals surface area contributed by atoms with Crippen molar-refractivity contribution in [1.29, 1.82) is 0 Å². The van der Waals surface area contributed by atoms with E-state index in [0.717, 1.165) is 50.4 Å². The second kappa shape index (κ2) is 10.5. The van der Waals surface area contributed by atoms with Crippen LogP contribution in [0.3, 0.4) is 0 Å². The van der Waals surface area contributed by atoms with E-state index in [1.807, 2.05) is 0 Å². The molecular formula is C20H33ClO4. The van der Waals surface area contributed by atoms with E-state index in [0.29, 0.717) is 24.7 Å². The summed E-state index contributed by atoms with van der Waals surface area (Å²) in [6.07, 6.45) is 9.26. The Kier molecular flexibility index (Phi) is 8.71. The lowest BCUT2D eigenvalue weighted by atomic mass is 9.69. The zero-order chi connectivity index (χ0) is 18.2. The molecule has 0 aliphatic heterocycles. The molecule has 25 heavy (non-hydrogen) atoms. The van der Waals surface area contributed by atoms with Crippen molar-refractivity contribution in [3.63, 3.8) is 0 Å². The van der Waals surface area contributed by atoms with Gasteiger partial charge in [-0.25, -0.2) is 0 Å². The topological polar surface area (TPSA) is 52.6 Å². The van der Waals surface area contributed by atoms with Crippen LogP contribution in [0.15, 0.2) is 0 Å². The summed E-state index contributed by atoms with van der Waals surface area (Å²) in [7, 11) is 1.64. The zero-order valence-electron chi connectivity index (χ0n) is 15.7. The number of alkyl halides is 1. The van der Waals surface area contributed by atoms with Crippen molar-refractivity contribution in [1.82, 2.24) is 0 Å². The highest BCUT2D eigenvalue weighted by atomic mass is 35.5. The van der Waals surface area contributed by atoms with Crippen LogP contribution < -0.4 is 0 Å². The van der Waals surface area contributed by atoms with Crippen molar-refractivity contribution in [3.05, 3.63) is 0 Å². The van der Waals surface area contributed by atoms with Crippen molar-refractivity contribution >= 4 is 23.4 Å². The highest BCUT2D eigenvalue weighted by molar-refractivity contribution is 6.20. The number of ether oxygens (including phenoxy) is 2. The van der Waals surface area contributed by atoms with Gasteiger partial charge in [0.15, 0.2) is 0 Å². The third-order valence-electron chi connectivity index (χ3n) is 6.16. The van der Waals surface area contributed by atoms with Crippen LogP contribution in [-0.2, 0) is 19.1 Å².